The number of nitrogens with two attached hydrogens (primary N) is 1. The average Bonchev–Trinajstić information content (AvgIpc) is 2.71. The molecule has 1 fully saturated rings. The maximum atomic E-state index is 11.4. The van der Waals surface area contributed by atoms with Crippen LogP contribution in [0.5, 0.6) is 0 Å². The minimum absolute atomic E-state index is 0.0366. The molecule has 0 aromatic carbocycles. The molecule has 0 heterocycles. The van der Waals surface area contributed by atoms with E-state index in [2.05, 4.69) is 0 Å². The van der Waals surface area contributed by atoms with Gasteiger partial charge < -0.3 is 10.5 Å². The normalized spacial score (nSPS) is 20.8. The Kier molecular flexibility index (Phi) is 3.09. The molecule has 2 N–H and O–H groups in total. The summed E-state index contributed by atoms with van der Waals surface area (Å²) >= 11 is 0. The molecule has 0 radical (unpaired) electrons. The molecule has 0 saturated heterocycles. The first kappa shape index (κ1) is 9.95. The summed E-state index contributed by atoms with van der Waals surface area (Å²) in [5, 5.41) is 0. The van der Waals surface area contributed by atoms with Crippen LogP contribution in [0.2, 0.25) is 0 Å². The molecule has 1 unspecified atom stereocenters. The lowest BCUT2D eigenvalue weighted by Crippen LogP contribution is -2.27. The van der Waals surface area contributed by atoms with E-state index >= 15 is 0 Å². The second kappa shape index (κ2) is 3.72. The number of sulfone groups is 1. The van der Waals surface area contributed by atoms with Gasteiger partial charge in [-0.15, -0.1) is 0 Å². The highest BCUT2D eigenvalue weighted by Crippen LogP contribution is 2.31. The first-order chi connectivity index (χ1) is 5.56. The molecule has 1 aliphatic carbocycles. The lowest BCUT2D eigenvalue weighted by atomic mass is 10.5. The quantitative estimate of drug-likeness (QED) is 0.628. The van der Waals surface area contributed by atoms with Gasteiger partial charge in [-0.1, -0.05) is 0 Å². The van der Waals surface area contributed by atoms with E-state index in [0.29, 0.717) is 5.92 Å². The molecule has 12 heavy (non-hydrogen) atoms. The van der Waals surface area contributed by atoms with Crippen LogP contribution in [0.3, 0.4) is 0 Å². The van der Waals surface area contributed by atoms with Crippen molar-refractivity contribution < 1.29 is 13.2 Å². The minimum atomic E-state index is -3.06. The monoisotopic (exact) mass is 193 g/mol. The summed E-state index contributed by atoms with van der Waals surface area (Å²) in [6, 6.07) is 0. The number of hydrogen-bond acceptors (Lipinski definition) is 4. The van der Waals surface area contributed by atoms with Crippen LogP contribution >= 0.6 is 0 Å². The fourth-order valence-electron chi connectivity index (χ4n) is 0.988. The van der Waals surface area contributed by atoms with E-state index in [1.165, 1.54) is 6.92 Å². The van der Waals surface area contributed by atoms with Crippen LogP contribution in [-0.4, -0.2) is 26.3 Å². The average molecular weight is 193 g/mol. The third kappa shape index (κ3) is 2.73. The van der Waals surface area contributed by atoms with Gasteiger partial charge in [0.1, 0.15) is 0 Å². The van der Waals surface area contributed by atoms with Crippen molar-refractivity contribution >= 4 is 9.84 Å². The third-order valence-electron chi connectivity index (χ3n) is 2.00. The Bertz CT molecular complexity index is 233. The Morgan fingerprint density at radius 1 is 1.58 bits per heavy atom. The van der Waals surface area contributed by atoms with E-state index in [-0.39, 0.29) is 12.5 Å². The molecule has 0 amide bonds. The molecule has 0 aromatic rings. The van der Waals surface area contributed by atoms with Crippen LogP contribution < -0.4 is 5.73 Å². The molecule has 1 aliphatic rings. The zero-order valence-electron chi connectivity index (χ0n) is 7.19. The molecule has 0 aromatic heterocycles. The topological polar surface area (TPSA) is 69.4 Å². The predicted molar refractivity (Wildman–Crippen MR) is 46.1 cm³/mol. The Morgan fingerprint density at radius 3 is 2.58 bits per heavy atom. The van der Waals surface area contributed by atoms with Crippen molar-refractivity contribution in [2.45, 2.75) is 25.2 Å². The van der Waals surface area contributed by atoms with E-state index in [1.54, 1.807) is 0 Å². The maximum absolute atomic E-state index is 11.4. The highest BCUT2D eigenvalue weighted by molar-refractivity contribution is 7.91. The Hall–Kier alpha value is -0.130. The molecule has 5 heteroatoms. The van der Waals surface area contributed by atoms with Gasteiger partial charge in [-0.05, 0) is 25.7 Å². The van der Waals surface area contributed by atoms with Crippen molar-refractivity contribution in [3.05, 3.63) is 0 Å². The number of hydrogen-bond donors (Lipinski definition) is 1. The van der Waals surface area contributed by atoms with Gasteiger partial charge in [0.05, 0.1) is 12.5 Å². The SMILES string of the molecule is CC(OCN)S(=O)(=O)CC1CC1. The van der Waals surface area contributed by atoms with E-state index in [9.17, 15) is 8.42 Å². The zero-order chi connectivity index (χ0) is 9.19. The van der Waals surface area contributed by atoms with Crippen molar-refractivity contribution in [1.29, 1.82) is 0 Å². The van der Waals surface area contributed by atoms with Crippen LogP contribution in [0.1, 0.15) is 19.8 Å². The fraction of sp³-hybridized carbons (Fsp3) is 1.00. The molecule has 0 aliphatic heterocycles. The highest BCUT2D eigenvalue weighted by atomic mass is 32.2. The van der Waals surface area contributed by atoms with Crippen molar-refractivity contribution in [2.75, 3.05) is 12.5 Å². The van der Waals surface area contributed by atoms with Crippen molar-refractivity contribution in [3.63, 3.8) is 0 Å². The second-order valence-corrected chi connectivity index (χ2v) is 5.50. The summed E-state index contributed by atoms with van der Waals surface area (Å²) in [6.45, 7) is 1.50. The molecule has 1 atom stereocenters. The molecule has 1 saturated carbocycles. The summed E-state index contributed by atoms with van der Waals surface area (Å²) in [5.74, 6) is 0.632. The standard InChI is InChI=1S/C7H15NO3S/c1-6(11-5-8)12(9,10)4-7-2-3-7/h6-7H,2-5,8H2,1H3. The fourth-order valence-corrected chi connectivity index (χ4v) is 2.54. The lowest BCUT2D eigenvalue weighted by Gasteiger charge is -2.11. The van der Waals surface area contributed by atoms with Gasteiger partial charge in [-0.3, -0.25) is 0 Å². The Balaban J connectivity index is 2.44. The second-order valence-electron chi connectivity index (χ2n) is 3.17. The smallest absolute Gasteiger partial charge is 0.177 e. The van der Waals surface area contributed by atoms with Crippen molar-refractivity contribution in [1.82, 2.24) is 0 Å². The van der Waals surface area contributed by atoms with E-state index in [0.717, 1.165) is 12.8 Å². The van der Waals surface area contributed by atoms with Crippen LogP contribution in [0.4, 0.5) is 0 Å². The third-order valence-corrected chi connectivity index (χ3v) is 4.09. The Morgan fingerprint density at radius 2 is 2.17 bits per heavy atom. The highest BCUT2D eigenvalue weighted by Gasteiger charge is 2.31. The van der Waals surface area contributed by atoms with Gasteiger partial charge in [0.25, 0.3) is 0 Å². The van der Waals surface area contributed by atoms with Crippen LogP contribution in [0.25, 0.3) is 0 Å². The summed E-state index contributed by atoms with van der Waals surface area (Å²) in [7, 11) is -3.06. The molecule has 4 nitrogen and oxygen atoms in total. The van der Waals surface area contributed by atoms with Crippen molar-refractivity contribution in [3.8, 4) is 0 Å². The molecule has 0 spiro atoms. The van der Waals surface area contributed by atoms with E-state index in [4.69, 9.17) is 10.5 Å². The molecule has 0 bridgehead atoms. The summed E-state index contributed by atoms with van der Waals surface area (Å²) < 4.78 is 27.6. The van der Waals surface area contributed by atoms with Gasteiger partial charge in [-0.2, -0.15) is 0 Å². The van der Waals surface area contributed by atoms with E-state index < -0.39 is 15.3 Å². The first-order valence-corrected chi connectivity index (χ1v) is 5.81. The largest absolute Gasteiger partial charge is 0.348 e. The predicted octanol–water partition coefficient (Wildman–Crippen LogP) is 0.0900. The van der Waals surface area contributed by atoms with Gasteiger partial charge in [-0.25, -0.2) is 8.42 Å². The Labute approximate surface area is 73.0 Å². The molecular weight excluding hydrogens is 178 g/mol. The van der Waals surface area contributed by atoms with Crippen LogP contribution in [0, 0.1) is 5.92 Å². The van der Waals surface area contributed by atoms with Gasteiger partial charge in [0.2, 0.25) is 0 Å². The van der Waals surface area contributed by atoms with E-state index in [1.807, 2.05) is 0 Å². The summed E-state index contributed by atoms with van der Waals surface area (Å²) in [6.07, 6.45) is 2.07. The lowest BCUT2D eigenvalue weighted by molar-refractivity contribution is 0.123. The molecule has 72 valence electrons. The molecule has 1 rings (SSSR count). The van der Waals surface area contributed by atoms with Crippen molar-refractivity contribution in [2.24, 2.45) is 11.7 Å². The van der Waals surface area contributed by atoms with Crippen LogP contribution in [-0.2, 0) is 14.6 Å². The minimum Gasteiger partial charge on any atom is -0.348 e. The summed E-state index contributed by atoms with van der Waals surface area (Å²) in [5.41, 5.74) is 4.34. The zero-order valence-corrected chi connectivity index (χ0v) is 8.01. The number of ether oxygens (including phenoxy) is 1. The van der Waals surface area contributed by atoms with Gasteiger partial charge >= 0.3 is 0 Å². The first-order valence-electron chi connectivity index (χ1n) is 4.09. The maximum Gasteiger partial charge on any atom is 0.177 e. The molecular formula is C7H15NO3S. The summed E-state index contributed by atoms with van der Waals surface area (Å²) in [4.78, 5) is 0. The van der Waals surface area contributed by atoms with Gasteiger partial charge in [0.15, 0.2) is 15.3 Å². The van der Waals surface area contributed by atoms with Gasteiger partial charge in [0, 0.05) is 0 Å². The number of rotatable bonds is 5. The van der Waals surface area contributed by atoms with Crippen LogP contribution in [0.15, 0.2) is 0 Å².